The van der Waals surface area contributed by atoms with Crippen LogP contribution in [0.15, 0.2) is 65.1 Å². The minimum atomic E-state index is -0.717. The lowest BCUT2D eigenvalue weighted by atomic mass is 10.0. The maximum Gasteiger partial charge on any atom is 0.374 e. The number of amides is 1. The molecule has 6 nitrogen and oxygen atoms in total. The first-order chi connectivity index (χ1) is 14.9. The van der Waals surface area contributed by atoms with Gasteiger partial charge in [0.05, 0.1) is 6.04 Å². The van der Waals surface area contributed by atoms with Crippen LogP contribution < -0.4 is 5.32 Å². The summed E-state index contributed by atoms with van der Waals surface area (Å²) in [5, 5.41) is 2.88. The van der Waals surface area contributed by atoms with Gasteiger partial charge in [-0.25, -0.2) is 4.79 Å². The fourth-order valence-corrected chi connectivity index (χ4v) is 3.13. The number of esters is 1. The fourth-order valence-electron chi connectivity index (χ4n) is 3.13. The van der Waals surface area contributed by atoms with E-state index in [1.165, 1.54) is 13.0 Å². The molecule has 0 saturated heterocycles. The molecular weight excluding hydrogens is 394 g/mol. The van der Waals surface area contributed by atoms with Crippen molar-refractivity contribution in [2.24, 2.45) is 0 Å². The standard InChI is InChI=1S/C25H25NO5/c1-4-21(19-7-5-16(2)6-8-19)26-24(28)15-30-25(29)23-14-13-22(31-23)20-11-9-18(10-12-20)17(3)27/h5-14,21H,4,15H2,1-3H3,(H,26,28)/t21-/m0/s1. The van der Waals surface area contributed by atoms with Crippen molar-refractivity contribution in [1.82, 2.24) is 5.32 Å². The van der Waals surface area contributed by atoms with Gasteiger partial charge in [0.1, 0.15) is 5.76 Å². The zero-order valence-electron chi connectivity index (χ0n) is 17.8. The summed E-state index contributed by atoms with van der Waals surface area (Å²) in [6, 6.07) is 17.8. The highest BCUT2D eigenvalue weighted by molar-refractivity contribution is 5.94. The molecule has 0 aliphatic heterocycles. The van der Waals surface area contributed by atoms with E-state index in [1.54, 1.807) is 30.3 Å². The molecule has 0 saturated carbocycles. The number of Topliss-reactive ketones (excluding diaryl/α,β-unsaturated/α-hetero) is 1. The molecule has 2 aromatic carbocycles. The van der Waals surface area contributed by atoms with Gasteiger partial charge < -0.3 is 14.5 Å². The highest BCUT2D eigenvalue weighted by atomic mass is 16.5. The Kier molecular flexibility index (Phi) is 7.03. The van der Waals surface area contributed by atoms with Crippen molar-refractivity contribution in [3.63, 3.8) is 0 Å². The molecule has 3 aromatic rings. The average molecular weight is 419 g/mol. The number of aryl methyl sites for hydroxylation is 1. The van der Waals surface area contributed by atoms with Crippen LogP contribution in [-0.2, 0) is 9.53 Å². The lowest BCUT2D eigenvalue weighted by Crippen LogP contribution is -2.32. The van der Waals surface area contributed by atoms with Crippen LogP contribution in [-0.4, -0.2) is 24.3 Å². The van der Waals surface area contributed by atoms with E-state index in [4.69, 9.17) is 9.15 Å². The predicted molar refractivity (Wildman–Crippen MR) is 117 cm³/mol. The van der Waals surface area contributed by atoms with Gasteiger partial charge in [-0.05, 0) is 38.0 Å². The van der Waals surface area contributed by atoms with Crippen LogP contribution in [0.4, 0.5) is 0 Å². The van der Waals surface area contributed by atoms with Crippen molar-refractivity contribution < 1.29 is 23.5 Å². The van der Waals surface area contributed by atoms with Gasteiger partial charge in [0.2, 0.25) is 5.76 Å². The second-order valence-electron chi connectivity index (χ2n) is 7.31. The van der Waals surface area contributed by atoms with Crippen molar-refractivity contribution >= 4 is 17.7 Å². The third-order valence-corrected chi connectivity index (χ3v) is 4.94. The summed E-state index contributed by atoms with van der Waals surface area (Å²) in [5.41, 5.74) is 3.47. The highest BCUT2D eigenvalue weighted by Gasteiger charge is 2.18. The maximum atomic E-state index is 12.3. The van der Waals surface area contributed by atoms with E-state index in [0.717, 1.165) is 16.7 Å². The number of furan rings is 1. The summed E-state index contributed by atoms with van der Waals surface area (Å²) in [6.07, 6.45) is 0.715. The van der Waals surface area contributed by atoms with Crippen LogP contribution in [0.5, 0.6) is 0 Å². The molecule has 1 aromatic heterocycles. The van der Waals surface area contributed by atoms with Crippen LogP contribution in [0.25, 0.3) is 11.3 Å². The van der Waals surface area contributed by atoms with Gasteiger partial charge in [0, 0.05) is 11.1 Å². The van der Waals surface area contributed by atoms with Crippen LogP contribution in [0.2, 0.25) is 0 Å². The van der Waals surface area contributed by atoms with Gasteiger partial charge in [0.25, 0.3) is 5.91 Å². The second-order valence-corrected chi connectivity index (χ2v) is 7.31. The summed E-state index contributed by atoms with van der Waals surface area (Å²) in [5.74, 6) is -0.653. The number of carbonyl (C=O) groups excluding carboxylic acids is 3. The zero-order chi connectivity index (χ0) is 22.4. The number of ether oxygens (including phenoxy) is 1. The van der Waals surface area contributed by atoms with Gasteiger partial charge in [0.15, 0.2) is 12.4 Å². The molecule has 1 amide bonds. The molecule has 1 heterocycles. The number of carbonyl (C=O) groups is 3. The lowest BCUT2D eigenvalue weighted by Gasteiger charge is -2.17. The van der Waals surface area contributed by atoms with Crippen LogP contribution in [0, 0.1) is 6.92 Å². The molecule has 0 fully saturated rings. The minimum Gasteiger partial charge on any atom is -0.450 e. The number of ketones is 1. The summed E-state index contributed by atoms with van der Waals surface area (Å²) in [4.78, 5) is 35.9. The van der Waals surface area contributed by atoms with Crippen molar-refractivity contribution in [3.8, 4) is 11.3 Å². The van der Waals surface area contributed by atoms with E-state index < -0.39 is 12.6 Å². The number of rotatable bonds is 8. The first-order valence-corrected chi connectivity index (χ1v) is 10.1. The number of hydrogen-bond acceptors (Lipinski definition) is 5. The Morgan fingerprint density at radius 1 is 0.968 bits per heavy atom. The highest BCUT2D eigenvalue weighted by Crippen LogP contribution is 2.23. The van der Waals surface area contributed by atoms with Crippen LogP contribution in [0.3, 0.4) is 0 Å². The molecule has 3 rings (SSSR count). The quantitative estimate of drug-likeness (QED) is 0.415. The van der Waals surface area contributed by atoms with Gasteiger partial charge in [-0.15, -0.1) is 0 Å². The maximum absolute atomic E-state index is 12.3. The summed E-state index contributed by atoms with van der Waals surface area (Å²) in [7, 11) is 0. The molecule has 1 N–H and O–H groups in total. The first kappa shape index (κ1) is 22.0. The van der Waals surface area contributed by atoms with E-state index in [-0.39, 0.29) is 23.5 Å². The number of benzene rings is 2. The zero-order valence-corrected chi connectivity index (χ0v) is 17.8. The third kappa shape index (κ3) is 5.69. The number of nitrogens with one attached hydrogen (secondary N) is 1. The topological polar surface area (TPSA) is 85.6 Å². The molecule has 0 aliphatic carbocycles. The molecule has 0 unspecified atom stereocenters. The normalized spacial score (nSPS) is 11.6. The summed E-state index contributed by atoms with van der Waals surface area (Å²) < 4.78 is 10.7. The van der Waals surface area contributed by atoms with Gasteiger partial charge >= 0.3 is 5.97 Å². The Hall–Kier alpha value is -3.67. The van der Waals surface area contributed by atoms with Crippen molar-refractivity contribution in [1.29, 1.82) is 0 Å². The Morgan fingerprint density at radius 3 is 2.26 bits per heavy atom. The van der Waals surface area contributed by atoms with E-state index in [1.807, 2.05) is 38.1 Å². The molecule has 0 radical (unpaired) electrons. The Labute approximate surface area is 181 Å². The van der Waals surface area contributed by atoms with Crippen LogP contribution >= 0.6 is 0 Å². The van der Waals surface area contributed by atoms with Gasteiger partial charge in [-0.2, -0.15) is 0 Å². The van der Waals surface area contributed by atoms with Crippen LogP contribution in [0.1, 0.15) is 58.3 Å². The van der Waals surface area contributed by atoms with Gasteiger partial charge in [-0.3, -0.25) is 9.59 Å². The molecule has 31 heavy (non-hydrogen) atoms. The molecular formula is C25H25NO5. The van der Waals surface area contributed by atoms with E-state index in [0.29, 0.717) is 17.7 Å². The van der Waals surface area contributed by atoms with Crippen molar-refractivity contribution in [2.45, 2.75) is 33.2 Å². The Bertz CT molecular complexity index is 1060. The molecule has 160 valence electrons. The Morgan fingerprint density at radius 2 is 1.65 bits per heavy atom. The lowest BCUT2D eigenvalue weighted by molar-refractivity contribution is -0.125. The van der Waals surface area contributed by atoms with E-state index >= 15 is 0 Å². The molecule has 0 spiro atoms. The third-order valence-electron chi connectivity index (χ3n) is 4.94. The second kappa shape index (κ2) is 9.89. The summed E-state index contributed by atoms with van der Waals surface area (Å²) in [6.45, 7) is 5.08. The smallest absolute Gasteiger partial charge is 0.374 e. The van der Waals surface area contributed by atoms with E-state index in [2.05, 4.69) is 5.32 Å². The molecule has 0 aliphatic rings. The Balaban J connectivity index is 1.56. The molecule has 6 heteroatoms. The van der Waals surface area contributed by atoms with Crippen molar-refractivity contribution in [3.05, 3.63) is 83.1 Å². The largest absolute Gasteiger partial charge is 0.450 e. The monoisotopic (exact) mass is 419 g/mol. The number of hydrogen-bond donors (Lipinski definition) is 1. The predicted octanol–water partition coefficient (Wildman–Crippen LogP) is 4.88. The summed E-state index contributed by atoms with van der Waals surface area (Å²) >= 11 is 0. The molecule has 1 atom stereocenters. The van der Waals surface area contributed by atoms with E-state index in [9.17, 15) is 14.4 Å². The minimum absolute atomic E-state index is 0.00372. The van der Waals surface area contributed by atoms with Gasteiger partial charge in [-0.1, -0.05) is 61.0 Å². The fraction of sp³-hybridized carbons (Fsp3) is 0.240. The van der Waals surface area contributed by atoms with Crippen molar-refractivity contribution in [2.75, 3.05) is 6.61 Å². The average Bonchev–Trinajstić information content (AvgIpc) is 3.27. The molecule has 0 bridgehead atoms. The first-order valence-electron chi connectivity index (χ1n) is 10.1. The SMILES string of the molecule is CC[C@H](NC(=O)COC(=O)c1ccc(-c2ccc(C(C)=O)cc2)o1)c1ccc(C)cc1.